The minimum atomic E-state index is -0.476. The highest BCUT2D eigenvalue weighted by molar-refractivity contribution is 7.22. The van der Waals surface area contributed by atoms with Crippen LogP contribution in [0.15, 0.2) is 66.7 Å². The average molecular weight is 506 g/mol. The van der Waals surface area contributed by atoms with Crippen molar-refractivity contribution in [3.05, 3.63) is 82.9 Å². The van der Waals surface area contributed by atoms with Gasteiger partial charge >= 0.3 is 0 Å². The van der Waals surface area contributed by atoms with Gasteiger partial charge in [-0.1, -0.05) is 59.3 Å². The van der Waals surface area contributed by atoms with E-state index in [0.717, 1.165) is 41.0 Å². The molecule has 0 saturated carbocycles. The predicted molar refractivity (Wildman–Crippen MR) is 139 cm³/mol. The van der Waals surface area contributed by atoms with Gasteiger partial charge in [-0.15, -0.1) is 0 Å². The molecule has 0 atom stereocenters. The average Bonchev–Trinajstić information content (AvgIpc) is 3.30. The number of fused-ring (bicyclic) bond motifs is 3. The number of aromatic nitrogens is 1. The Bertz CT molecular complexity index is 1340. The molecule has 8 heteroatoms. The van der Waals surface area contributed by atoms with Crippen LogP contribution in [0.2, 0.25) is 5.02 Å². The number of hydrogen-bond donors (Lipinski definition) is 0. The Morgan fingerprint density at radius 1 is 1.03 bits per heavy atom. The van der Waals surface area contributed by atoms with E-state index in [4.69, 9.17) is 26.1 Å². The summed E-state index contributed by atoms with van der Waals surface area (Å²) in [6.07, 6.45) is 0. The molecule has 0 N–H and O–H groups in total. The van der Waals surface area contributed by atoms with Crippen LogP contribution < -0.4 is 9.64 Å². The molecule has 35 heavy (non-hydrogen) atoms. The molecule has 2 aliphatic rings. The number of amides is 1. The second kappa shape index (κ2) is 9.59. The second-order valence-electron chi connectivity index (χ2n) is 8.66. The lowest BCUT2D eigenvalue weighted by Gasteiger charge is -2.33. The molecule has 3 heterocycles. The Labute approximate surface area is 212 Å². The largest absolute Gasteiger partial charge is 0.457 e. The predicted octanol–water partition coefficient (Wildman–Crippen LogP) is 5.55. The Hall–Kier alpha value is -2.97. The Morgan fingerprint density at radius 3 is 2.43 bits per heavy atom. The number of hydrogen-bond acceptors (Lipinski definition) is 6. The van der Waals surface area contributed by atoms with Crippen molar-refractivity contribution in [2.24, 2.45) is 0 Å². The summed E-state index contributed by atoms with van der Waals surface area (Å²) in [6.45, 7) is 4.44. The molecule has 2 aliphatic heterocycles. The van der Waals surface area contributed by atoms with Gasteiger partial charge in [0.2, 0.25) is 5.91 Å². The number of anilines is 1. The minimum absolute atomic E-state index is 0.00777. The van der Waals surface area contributed by atoms with Crippen molar-refractivity contribution < 1.29 is 14.3 Å². The van der Waals surface area contributed by atoms with Gasteiger partial charge in [-0.2, -0.15) is 0 Å². The number of para-hydroxylation sites is 2. The number of thiazole rings is 1. The summed E-state index contributed by atoms with van der Waals surface area (Å²) < 4.78 is 12.6. The van der Waals surface area contributed by atoms with Crippen molar-refractivity contribution in [2.75, 3.05) is 44.3 Å². The quantitative estimate of drug-likeness (QED) is 0.356. The fourth-order valence-electron chi connectivity index (χ4n) is 4.70. The van der Waals surface area contributed by atoms with Gasteiger partial charge in [0, 0.05) is 42.3 Å². The van der Waals surface area contributed by atoms with Gasteiger partial charge in [-0.3, -0.25) is 14.6 Å². The van der Waals surface area contributed by atoms with E-state index in [0.29, 0.717) is 41.4 Å². The van der Waals surface area contributed by atoms with Crippen molar-refractivity contribution >= 4 is 44.2 Å². The number of morpholine rings is 1. The van der Waals surface area contributed by atoms with Crippen LogP contribution in [-0.4, -0.2) is 55.2 Å². The second-order valence-corrected chi connectivity index (χ2v) is 10.1. The number of benzene rings is 3. The standard InChI is InChI=1S/C27H24ClN3O3S/c28-18-9-10-21-24(17-18)35-27(29-21)31(12-11-30-13-15-33-16-14-30)26(32)25-19-5-1-3-7-22(19)34-23-8-4-2-6-20(23)25/h1-10,17,25H,11-16H2. The summed E-state index contributed by atoms with van der Waals surface area (Å²) in [5, 5.41) is 1.34. The van der Waals surface area contributed by atoms with Gasteiger partial charge in [0.15, 0.2) is 5.13 Å². The number of halogens is 1. The van der Waals surface area contributed by atoms with E-state index in [1.807, 2.05) is 71.6 Å². The van der Waals surface area contributed by atoms with Crippen LogP contribution in [0.1, 0.15) is 17.0 Å². The fourth-order valence-corrected chi connectivity index (χ4v) is 5.97. The Balaban J connectivity index is 1.41. The van der Waals surface area contributed by atoms with E-state index in [9.17, 15) is 4.79 Å². The molecule has 4 aromatic rings. The van der Waals surface area contributed by atoms with E-state index >= 15 is 0 Å². The summed E-state index contributed by atoms with van der Waals surface area (Å²) >= 11 is 7.73. The summed E-state index contributed by atoms with van der Waals surface area (Å²) in [5.41, 5.74) is 2.58. The zero-order chi connectivity index (χ0) is 23.8. The van der Waals surface area contributed by atoms with Crippen LogP contribution in [0, 0.1) is 0 Å². The smallest absolute Gasteiger partial charge is 0.241 e. The maximum Gasteiger partial charge on any atom is 0.241 e. The third kappa shape index (κ3) is 4.41. The first-order valence-electron chi connectivity index (χ1n) is 11.7. The highest BCUT2D eigenvalue weighted by Crippen LogP contribution is 2.45. The van der Waals surface area contributed by atoms with Crippen molar-refractivity contribution in [3.63, 3.8) is 0 Å². The summed E-state index contributed by atoms with van der Waals surface area (Å²) in [6, 6.07) is 21.2. The molecule has 0 radical (unpaired) electrons. The van der Waals surface area contributed by atoms with Crippen LogP contribution >= 0.6 is 22.9 Å². The third-order valence-electron chi connectivity index (χ3n) is 6.51. The number of carbonyl (C=O) groups excluding carboxylic acids is 1. The number of rotatable bonds is 5. The van der Waals surface area contributed by atoms with Crippen molar-refractivity contribution in [3.8, 4) is 11.5 Å². The molecule has 6 rings (SSSR count). The maximum absolute atomic E-state index is 14.4. The Morgan fingerprint density at radius 2 is 1.71 bits per heavy atom. The minimum Gasteiger partial charge on any atom is -0.457 e. The molecule has 178 valence electrons. The number of ether oxygens (including phenoxy) is 2. The van der Waals surface area contributed by atoms with Gasteiger partial charge in [0.05, 0.1) is 29.3 Å². The highest BCUT2D eigenvalue weighted by atomic mass is 35.5. The lowest BCUT2D eigenvalue weighted by atomic mass is 9.87. The fraction of sp³-hybridized carbons (Fsp3) is 0.259. The van der Waals surface area contributed by atoms with Gasteiger partial charge in [0.25, 0.3) is 0 Å². The van der Waals surface area contributed by atoms with Gasteiger partial charge in [-0.05, 0) is 30.3 Å². The highest BCUT2D eigenvalue weighted by Gasteiger charge is 2.36. The first kappa shape index (κ1) is 22.5. The zero-order valence-electron chi connectivity index (χ0n) is 19.0. The first-order valence-corrected chi connectivity index (χ1v) is 12.9. The molecule has 1 amide bonds. The van der Waals surface area contributed by atoms with Crippen molar-refractivity contribution in [1.29, 1.82) is 0 Å². The van der Waals surface area contributed by atoms with Crippen LogP contribution in [-0.2, 0) is 9.53 Å². The van der Waals surface area contributed by atoms with Crippen LogP contribution in [0.25, 0.3) is 10.2 Å². The lowest BCUT2D eigenvalue weighted by Crippen LogP contribution is -2.44. The molecule has 1 fully saturated rings. The number of carbonyl (C=O) groups is 1. The van der Waals surface area contributed by atoms with E-state index in [1.54, 1.807) is 0 Å². The van der Waals surface area contributed by atoms with Crippen LogP contribution in [0.5, 0.6) is 11.5 Å². The lowest BCUT2D eigenvalue weighted by molar-refractivity contribution is -0.119. The molecule has 0 aliphatic carbocycles. The van der Waals surface area contributed by atoms with Gasteiger partial charge in [-0.25, -0.2) is 4.98 Å². The van der Waals surface area contributed by atoms with E-state index in [1.165, 1.54) is 11.3 Å². The first-order chi connectivity index (χ1) is 17.2. The normalized spacial score (nSPS) is 15.9. The monoisotopic (exact) mass is 505 g/mol. The molecule has 0 spiro atoms. The molecule has 1 saturated heterocycles. The zero-order valence-corrected chi connectivity index (χ0v) is 20.6. The van der Waals surface area contributed by atoms with Crippen molar-refractivity contribution in [1.82, 2.24) is 9.88 Å². The molecular weight excluding hydrogens is 482 g/mol. The van der Waals surface area contributed by atoms with E-state index in [-0.39, 0.29) is 5.91 Å². The molecule has 1 aromatic heterocycles. The molecule has 6 nitrogen and oxygen atoms in total. The summed E-state index contributed by atoms with van der Waals surface area (Å²) in [5.74, 6) is 0.950. The van der Waals surface area contributed by atoms with Crippen LogP contribution in [0.3, 0.4) is 0 Å². The molecular formula is C27H24ClN3O3S. The van der Waals surface area contributed by atoms with Gasteiger partial charge in [0.1, 0.15) is 11.5 Å². The SMILES string of the molecule is O=C(C1c2ccccc2Oc2ccccc21)N(CCN1CCOCC1)c1nc2ccc(Cl)cc2s1. The summed E-state index contributed by atoms with van der Waals surface area (Å²) in [4.78, 5) is 23.4. The van der Waals surface area contributed by atoms with Crippen LogP contribution in [0.4, 0.5) is 5.13 Å². The van der Waals surface area contributed by atoms with E-state index in [2.05, 4.69) is 4.90 Å². The van der Waals surface area contributed by atoms with E-state index < -0.39 is 5.92 Å². The molecule has 0 unspecified atom stereocenters. The van der Waals surface area contributed by atoms with Crippen molar-refractivity contribution in [2.45, 2.75) is 5.92 Å². The molecule has 0 bridgehead atoms. The molecule has 3 aromatic carbocycles. The summed E-state index contributed by atoms with van der Waals surface area (Å²) in [7, 11) is 0. The topological polar surface area (TPSA) is 54.9 Å². The maximum atomic E-state index is 14.4. The Kier molecular flexibility index (Phi) is 6.16. The number of nitrogens with zero attached hydrogens (tertiary/aromatic N) is 3. The van der Waals surface area contributed by atoms with Gasteiger partial charge < -0.3 is 9.47 Å². The third-order valence-corrected chi connectivity index (χ3v) is 7.78.